The first-order valence-electron chi connectivity index (χ1n) is 11.1. The summed E-state index contributed by atoms with van der Waals surface area (Å²) in [5, 5.41) is 3.42. The fraction of sp³-hybridized carbons (Fsp3) is 0.185. The van der Waals surface area contributed by atoms with Crippen molar-refractivity contribution in [1.82, 2.24) is 15.0 Å². The van der Waals surface area contributed by atoms with E-state index in [0.29, 0.717) is 12.4 Å². The predicted molar refractivity (Wildman–Crippen MR) is 136 cm³/mol. The number of pyridine rings is 3. The lowest BCUT2D eigenvalue weighted by atomic mass is 9.91. The van der Waals surface area contributed by atoms with Crippen LogP contribution in [0.3, 0.4) is 0 Å². The molecule has 1 atom stereocenters. The van der Waals surface area contributed by atoms with Crippen molar-refractivity contribution in [2.24, 2.45) is 5.73 Å². The third-order valence-electron chi connectivity index (χ3n) is 5.62. The highest BCUT2D eigenvalue weighted by Crippen LogP contribution is 2.32. The molecule has 1 amide bonds. The number of carbonyl (C=O) groups excluding carboxylic acids is 1. The third kappa shape index (κ3) is 5.38. The molecule has 3 N–H and O–H groups in total. The summed E-state index contributed by atoms with van der Waals surface area (Å²) in [5.41, 5.74) is 11.2. The van der Waals surface area contributed by atoms with Gasteiger partial charge in [0.25, 0.3) is 0 Å². The van der Waals surface area contributed by atoms with E-state index < -0.39 is 11.8 Å². The lowest BCUT2D eigenvalue weighted by molar-refractivity contribution is -0.118. The molecule has 0 fully saturated rings. The van der Waals surface area contributed by atoms with E-state index in [0.717, 1.165) is 40.2 Å². The zero-order chi connectivity index (χ0) is 23.9. The number of carbonyl (C=O) groups is 1. The van der Waals surface area contributed by atoms with Gasteiger partial charge < -0.3 is 16.0 Å². The van der Waals surface area contributed by atoms with Crippen molar-refractivity contribution in [2.45, 2.75) is 12.3 Å². The molecule has 0 aliphatic heterocycles. The van der Waals surface area contributed by atoms with Gasteiger partial charge in [-0.2, -0.15) is 0 Å². The number of hydrogen-bond donors (Lipinski definition) is 2. The van der Waals surface area contributed by atoms with Gasteiger partial charge >= 0.3 is 0 Å². The summed E-state index contributed by atoms with van der Waals surface area (Å²) in [6, 6.07) is 21.6. The number of anilines is 2. The minimum atomic E-state index is -0.663. The van der Waals surface area contributed by atoms with Crippen LogP contribution in [0.1, 0.15) is 22.7 Å². The van der Waals surface area contributed by atoms with Crippen LogP contribution in [-0.4, -0.2) is 41.5 Å². The van der Waals surface area contributed by atoms with E-state index in [9.17, 15) is 4.79 Å². The molecule has 0 aliphatic rings. The maximum Gasteiger partial charge on any atom is 0.229 e. The van der Waals surface area contributed by atoms with Crippen LogP contribution in [0.2, 0.25) is 0 Å². The van der Waals surface area contributed by atoms with Crippen molar-refractivity contribution in [3.8, 4) is 11.3 Å². The molecule has 0 saturated heterocycles. The summed E-state index contributed by atoms with van der Waals surface area (Å²) >= 11 is 0. The third-order valence-corrected chi connectivity index (χ3v) is 5.62. The maximum atomic E-state index is 12.5. The number of aromatic nitrogens is 3. The van der Waals surface area contributed by atoms with E-state index in [-0.39, 0.29) is 0 Å². The number of rotatable bonds is 9. The fourth-order valence-electron chi connectivity index (χ4n) is 3.83. The van der Waals surface area contributed by atoms with Gasteiger partial charge in [-0.3, -0.25) is 14.8 Å². The second-order valence-corrected chi connectivity index (χ2v) is 8.20. The first-order valence-corrected chi connectivity index (χ1v) is 11.1. The Morgan fingerprint density at radius 2 is 1.82 bits per heavy atom. The van der Waals surface area contributed by atoms with Crippen molar-refractivity contribution < 1.29 is 4.79 Å². The maximum absolute atomic E-state index is 12.5. The molecule has 1 aromatic carbocycles. The van der Waals surface area contributed by atoms with Gasteiger partial charge in [0.1, 0.15) is 5.82 Å². The molecule has 172 valence electrons. The lowest BCUT2D eigenvalue weighted by Gasteiger charge is -2.19. The van der Waals surface area contributed by atoms with Gasteiger partial charge in [-0.15, -0.1) is 0 Å². The molecule has 4 aromatic rings. The van der Waals surface area contributed by atoms with Crippen molar-refractivity contribution in [2.75, 3.05) is 30.9 Å². The second kappa shape index (κ2) is 10.6. The first kappa shape index (κ1) is 22.9. The van der Waals surface area contributed by atoms with Gasteiger partial charge in [0.2, 0.25) is 5.91 Å². The molecule has 3 aromatic heterocycles. The van der Waals surface area contributed by atoms with Crippen LogP contribution in [0, 0.1) is 0 Å². The highest BCUT2D eigenvalue weighted by atomic mass is 16.1. The van der Waals surface area contributed by atoms with Crippen LogP contribution in [0.5, 0.6) is 0 Å². The molecule has 3 heterocycles. The quantitative estimate of drug-likeness (QED) is 0.400. The van der Waals surface area contributed by atoms with Crippen molar-refractivity contribution in [3.63, 3.8) is 0 Å². The molecule has 0 saturated carbocycles. The Morgan fingerprint density at radius 1 is 1.00 bits per heavy atom. The molecule has 0 bridgehead atoms. The van der Waals surface area contributed by atoms with E-state index in [1.54, 1.807) is 24.7 Å². The highest BCUT2D eigenvalue weighted by molar-refractivity contribution is 5.87. The summed E-state index contributed by atoms with van der Waals surface area (Å²) in [4.78, 5) is 28.0. The van der Waals surface area contributed by atoms with E-state index >= 15 is 0 Å². The molecule has 7 nitrogen and oxygen atoms in total. The van der Waals surface area contributed by atoms with Gasteiger partial charge in [0.15, 0.2) is 0 Å². The Morgan fingerprint density at radius 3 is 2.47 bits per heavy atom. The van der Waals surface area contributed by atoms with Gasteiger partial charge in [-0.1, -0.05) is 30.3 Å². The Kier molecular flexibility index (Phi) is 7.13. The molecule has 34 heavy (non-hydrogen) atoms. The minimum absolute atomic E-state index is 0.453. The van der Waals surface area contributed by atoms with E-state index in [4.69, 9.17) is 10.7 Å². The lowest BCUT2D eigenvalue weighted by Crippen LogP contribution is -2.24. The average molecular weight is 453 g/mol. The molecule has 0 aliphatic carbocycles. The van der Waals surface area contributed by atoms with Crippen molar-refractivity contribution in [1.29, 1.82) is 0 Å². The molecular weight excluding hydrogens is 424 g/mol. The van der Waals surface area contributed by atoms with Crippen molar-refractivity contribution >= 4 is 17.4 Å². The van der Waals surface area contributed by atoms with E-state index in [1.807, 2.05) is 62.6 Å². The number of hydrogen-bond acceptors (Lipinski definition) is 6. The summed E-state index contributed by atoms with van der Waals surface area (Å²) in [6.45, 7) is 0.610. The molecule has 7 heteroatoms. The Labute approximate surface area is 199 Å². The zero-order valence-corrected chi connectivity index (χ0v) is 19.3. The van der Waals surface area contributed by atoms with Crippen molar-refractivity contribution in [3.05, 3.63) is 102 Å². The minimum Gasteiger partial charge on any atom is -0.378 e. The average Bonchev–Trinajstić information content (AvgIpc) is 2.86. The smallest absolute Gasteiger partial charge is 0.229 e. The van der Waals surface area contributed by atoms with Crippen LogP contribution in [0.15, 0.2) is 85.3 Å². The SMILES string of the molecule is CN(C)c1ccc(-c2ccc(C(C(N)=O)c3cccnc3)c(NCCc3ccccn3)n2)cc1. The van der Waals surface area contributed by atoms with Crippen LogP contribution in [-0.2, 0) is 11.2 Å². The predicted octanol–water partition coefficient (Wildman–Crippen LogP) is 3.88. The second-order valence-electron chi connectivity index (χ2n) is 8.20. The zero-order valence-electron chi connectivity index (χ0n) is 19.3. The fourth-order valence-corrected chi connectivity index (χ4v) is 3.83. The molecule has 0 radical (unpaired) electrons. The van der Waals surface area contributed by atoms with Gasteiger partial charge in [0.05, 0.1) is 11.6 Å². The number of nitrogens with zero attached hydrogens (tertiary/aromatic N) is 4. The summed E-state index contributed by atoms with van der Waals surface area (Å²) in [6.07, 6.45) is 5.84. The monoisotopic (exact) mass is 452 g/mol. The standard InChI is InChI=1S/C27H28N6O/c1-33(2)22-10-8-19(9-11-22)24-13-12-23(25(26(28)34)20-6-5-15-29-18-20)27(32-24)31-17-14-21-7-3-4-16-30-21/h3-13,15-16,18,25H,14,17H2,1-2H3,(H2,28,34)(H,31,32). The molecular formula is C27H28N6O. The summed E-state index contributed by atoms with van der Waals surface area (Å²) < 4.78 is 0. The van der Waals surface area contributed by atoms with Gasteiger partial charge in [-0.05, 0) is 42.0 Å². The van der Waals surface area contributed by atoms with Gasteiger partial charge in [-0.25, -0.2) is 4.98 Å². The normalized spacial score (nSPS) is 11.6. The Bertz CT molecular complexity index is 1230. The number of nitrogens with two attached hydrogens (primary N) is 1. The summed E-state index contributed by atoms with van der Waals surface area (Å²) in [5.74, 6) is -0.493. The Hall–Kier alpha value is -4.26. The first-order chi connectivity index (χ1) is 16.5. The molecule has 4 rings (SSSR count). The van der Waals surface area contributed by atoms with Crippen LogP contribution < -0.4 is 16.0 Å². The number of primary amides is 1. The topological polar surface area (TPSA) is 97.0 Å². The number of amides is 1. The molecule has 0 spiro atoms. The largest absolute Gasteiger partial charge is 0.378 e. The van der Waals surface area contributed by atoms with Gasteiger partial charge in [0, 0.05) is 68.2 Å². The van der Waals surface area contributed by atoms with Crippen LogP contribution >= 0.6 is 0 Å². The van der Waals surface area contributed by atoms with E-state index in [1.165, 1.54) is 0 Å². The van der Waals surface area contributed by atoms with E-state index in [2.05, 4.69) is 32.3 Å². The summed E-state index contributed by atoms with van der Waals surface area (Å²) in [7, 11) is 4.02. The van der Waals surface area contributed by atoms with Crippen LogP contribution in [0.25, 0.3) is 11.3 Å². The number of nitrogens with one attached hydrogen (secondary N) is 1. The molecule has 1 unspecified atom stereocenters. The number of benzene rings is 1. The Balaban J connectivity index is 1.69. The highest BCUT2D eigenvalue weighted by Gasteiger charge is 2.24. The van der Waals surface area contributed by atoms with Crippen LogP contribution in [0.4, 0.5) is 11.5 Å².